The van der Waals surface area contributed by atoms with Crippen molar-refractivity contribution >= 4 is 0 Å². The highest BCUT2D eigenvalue weighted by molar-refractivity contribution is 4.83. The quantitative estimate of drug-likeness (QED) is 0.283. The molecule has 0 saturated carbocycles. The van der Waals surface area contributed by atoms with Gasteiger partial charge in [-0.15, -0.1) is 18.8 Å². The highest BCUT2D eigenvalue weighted by Gasteiger charge is 1.31. The predicted octanol–water partition coefficient (Wildman–Crippen LogP) is 0.844. The molecule has 0 saturated heterocycles. The molecule has 22 valence electrons. The van der Waals surface area contributed by atoms with Gasteiger partial charge in [0.1, 0.15) is 0 Å². The lowest BCUT2D eigenvalue weighted by Crippen LogP contribution is -1.40. The van der Waals surface area contributed by atoms with E-state index < -0.39 is 0 Å². The van der Waals surface area contributed by atoms with E-state index in [-0.39, 0.29) is 0 Å². The van der Waals surface area contributed by atoms with Gasteiger partial charge in [-0.05, 0) is 0 Å². The van der Waals surface area contributed by atoms with Crippen LogP contribution in [0.25, 0.3) is 0 Å². The van der Waals surface area contributed by atoms with Gasteiger partial charge in [0.25, 0.3) is 0 Å². The van der Waals surface area contributed by atoms with Crippen LogP contribution in [-0.4, -0.2) is 0 Å². The highest BCUT2D eigenvalue weighted by atomic mass is 13.5. The number of hydrogen-bond donors (Lipinski definition) is 0. The Bertz CT molecular complexity index is 29.8. The minimum absolute atomic E-state index is 0.597. The zero-order valence-electron chi connectivity index (χ0n) is 2.49. The van der Waals surface area contributed by atoms with E-state index in [1.807, 2.05) is 0 Å². The normalized spacial score (nSPS) is 5.00. The minimum atomic E-state index is 0.597. The maximum absolute atomic E-state index is 4.72. The van der Waals surface area contributed by atoms with Crippen LogP contribution in [0.15, 0.2) is 0 Å². The molecule has 0 unspecified atom stereocenters. The van der Waals surface area contributed by atoms with E-state index in [1.165, 1.54) is 0 Å². The Labute approximate surface area is 26.8 Å². The van der Waals surface area contributed by atoms with Crippen molar-refractivity contribution in [1.29, 1.82) is 0 Å². The zero-order chi connectivity index (χ0) is 3.41. The molecule has 0 aromatic carbocycles. The second-order valence-electron chi connectivity index (χ2n) is 0.454. The van der Waals surface area contributed by atoms with Crippen molar-refractivity contribution < 1.29 is 0 Å². The molecule has 0 aliphatic rings. The van der Waals surface area contributed by atoms with Crippen molar-refractivity contribution in [3.63, 3.8) is 0 Å². The van der Waals surface area contributed by atoms with Crippen LogP contribution in [0.1, 0.15) is 6.42 Å². The van der Waals surface area contributed by atoms with Crippen LogP contribution in [0.4, 0.5) is 0 Å². The molecule has 0 N–H and O–H groups in total. The molecule has 0 fully saturated rings. The van der Waals surface area contributed by atoms with Gasteiger partial charge >= 0.3 is 0 Å². The molecule has 0 bridgehead atoms. The predicted molar refractivity (Wildman–Crippen MR) is 18.8 cm³/mol. The van der Waals surface area contributed by atoms with Gasteiger partial charge in [-0.2, -0.15) is 0 Å². The van der Waals surface area contributed by atoms with Crippen molar-refractivity contribution in [1.82, 2.24) is 0 Å². The molecule has 4 heavy (non-hydrogen) atoms. The van der Waals surface area contributed by atoms with Gasteiger partial charge in [-0.25, -0.2) is 0 Å². The lowest BCUT2D eigenvalue weighted by Gasteiger charge is -1.65. The smallest absolute Gasteiger partial charge is 0.118 e. The average Bonchev–Trinajstić information content (AvgIpc) is 1.37. The summed E-state index contributed by atoms with van der Waals surface area (Å²) in [5.74, 6) is 2.32. The lowest BCUT2D eigenvalue weighted by molar-refractivity contribution is 1.49. The summed E-state index contributed by atoms with van der Waals surface area (Å²) in [5.41, 5.74) is 0. The van der Waals surface area contributed by atoms with E-state index in [1.54, 1.807) is 0 Å². The summed E-state index contributed by atoms with van der Waals surface area (Å²) in [6, 6.07) is 0. The summed E-state index contributed by atoms with van der Waals surface area (Å²) < 4.78 is 0. The molecule has 0 aromatic heterocycles. The Morgan fingerprint density at radius 1 is 2.00 bits per heavy atom. The lowest BCUT2D eigenvalue weighted by atomic mass is 10.5. The first kappa shape index (κ1) is 3.56. The third kappa shape index (κ3) is 1.56. The van der Waals surface area contributed by atoms with E-state index in [2.05, 4.69) is 12.8 Å². The summed E-state index contributed by atoms with van der Waals surface area (Å²) in [4.78, 5) is 0. The van der Waals surface area contributed by atoms with Crippen LogP contribution in [-0.2, 0) is 0 Å². The third-order valence-corrected chi connectivity index (χ3v) is 0.144. The first-order valence-corrected chi connectivity index (χ1v) is 1.14. The molecule has 0 nitrogen and oxygen atoms in total. The average molecular weight is 53.1 g/mol. The first-order valence-electron chi connectivity index (χ1n) is 1.14. The molecule has 0 aliphatic carbocycles. The summed E-state index contributed by atoms with van der Waals surface area (Å²) in [7, 11) is 0. The summed E-state index contributed by atoms with van der Waals surface area (Å²) in [6.07, 6.45) is 5.31. The van der Waals surface area contributed by atoms with Gasteiger partial charge in [0.2, 0.25) is 0 Å². The fraction of sp³-hybridized carbons (Fsp3) is 0.250. The molecule has 0 heterocycles. The van der Waals surface area contributed by atoms with Crippen LogP contribution < -0.4 is 0 Å². The Balaban J connectivity index is 2.43. The topological polar surface area (TPSA) is 0 Å². The molecular weight excluding hydrogens is 48.0 g/mol. The fourth-order valence-electron chi connectivity index (χ4n) is 0. The van der Waals surface area contributed by atoms with E-state index in [4.69, 9.17) is 6.42 Å². The van der Waals surface area contributed by atoms with Crippen LogP contribution in [0.2, 0.25) is 0 Å². The Morgan fingerprint density at radius 3 is 2.25 bits per heavy atom. The van der Waals surface area contributed by atoms with Crippen LogP contribution in [0, 0.1) is 19.3 Å². The third-order valence-electron chi connectivity index (χ3n) is 0.144. The van der Waals surface area contributed by atoms with E-state index in [0.29, 0.717) is 6.42 Å². The largest absolute Gasteiger partial charge is 0.332 e. The fourth-order valence-corrected chi connectivity index (χ4v) is 0. The maximum atomic E-state index is 4.72. The van der Waals surface area contributed by atoms with Gasteiger partial charge in [-0.3, -0.25) is 0 Å². The van der Waals surface area contributed by atoms with Crippen molar-refractivity contribution in [2.45, 2.75) is 6.42 Å². The van der Waals surface area contributed by atoms with Gasteiger partial charge in [-0.1, -0.05) is 0 Å². The van der Waals surface area contributed by atoms with E-state index in [9.17, 15) is 0 Å². The Hall–Kier alpha value is -0.440. The summed E-state index contributed by atoms with van der Waals surface area (Å²) in [5, 5.41) is 0. The van der Waals surface area contributed by atoms with Crippen LogP contribution in [0.3, 0.4) is 0 Å². The second-order valence-corrected chi connectivity index (χ2v) is 0.454. The molecule has 0 aliphatic heterocycles. The molecule has 0 aromatic rings. The Kier molecular flexibility index (Phi) is 2.28. The van der Waals surface area contributed by atoms with Crippen molar-refractivity contribution in [3.05, 3.63) is 6.92 Å². The molecule has 0 radical (unpaired) electrons. The molecule has 0 spiro atoms. The van der Waals surface area contributed by atoms with Crippen molar-refractivity contribution in [2.75, 3.05) is 0 Å². The zero-order valence-corrected chi connectivity index (χ0v) is 2.49. The summed E-state index contributed by atoms with van der Waals surface area (Å²) in [6.45, 7) is 3.37. The van der Waals surface area contributed by atoms with E-state index >= 15 is 0 Å². The van der Waals surface area contributed by atoms with E-state index in [0.717, 1.165) is 0 Å². The molecule has 0 amide bonds. The number of terminal acetylenes is 1. The minimum Gasteiger partial charge on any atom is -0.332 e. The second kappa shape index (κ2) is 2.56. The van der Waals surface area contributed by atoms with Gasteiger partial charge in [0, 0.05) is 0 Å². The maximum Gasteiger partial charge on any atom is -0.118 e. The van der Waals surface area contributed by atoms with Crippen molar-refractivity contribution in [2.24, 2.45) is 0 Å². The highest BCUT2D eigenvalue weighted by Crippen LogP contribution is 1.56. The first-order chi connectivity index (χ1) is 1.91. The summed E-state index contributed by atoms with van der Waals surface area (Å²) >= 11 is 0. The molecule has 0 rings (SSSR count). The molecule has 0 atom stereocenters. The van der Waals surface area contributed by atoms with Crippen LogP contribution in [0.5, 0.6) is 0 Å². The standard InChI is InChI=1S/C4H5/c1-3-4-2/h1H,2,4H2/q-1. The Morgan fingerprint density at radius 2 is 2.25 bits per heavy atom. The van der Waals surface area contributed by atoms with Gasteiger partial charge in [0.05, 0.1) is 0 Å². The van der Waals surface area contributed by atoms with Gasteiger partial charge < -0.3 is 6.92 Å². The number of rotatable bonds is 0. The van der Waals surface area contributed by atoms with Gasteiger partial charge in [0.15, 0.2) is 0 Å². The number of hydrogen-bond acceptors (Lipinski definition) is 0. The monoisotopic (exact) mass is 53.0 g/mol. The molecular formula is C4H5-. The van der Waals surface area contributed by atoms with Crippen molar-refractivity contribution in [3.8, 4) is 12.3 Å². The SMILES string of the molecule is C#CC[CH2-]. The van der Waals surface area contributed by atoms with Crippen LogP contribution >= 0.6 is 0 Å². The molecule has 0 heteroatoms.